The molecule has 0 fully saturated rings. The van der Waals surface area contributed by atoms with Gasteiger partial charge in [-0.2, -0.15) is 0 Å². The van der Waals surface area contributed by atoms with Crippen molar-refractivity contribution in [3.63, 3.8) is 0 Å². The van der Waals surface area contributed by atoms with Crippen LogP contribution in [0.25, 0.3) is 32.0 Å². The van der Waals surface area contributed by atoms with E-state index in [0.29, 0.717) is 15.3 Å². The van der Waals surface area contributed by atoms with E-state index in [0.717, 1.165) is 29.5 Å². The molecule has 3 aromatic carbocycles. The summed E-state index contributed by atoms with van der Waals surface area (Å²) >= 11 is 1.04. The minimum atomic E-state index is -0.721. The first-order valence-electron chi connectivity index (χ1n) is 8.44. The summed E-state index contributed by atoms with van der Waals surface area (Å²) in [5.41, 5.74) is 0.686. The number of phenolic OH excluding ortho intramolecular Hbond substituents is 3. The predicted octanol–water partition coefficient (Wildman–Crippen LogP) is 6.28. The SMILES string of the molecule is Oc1ccc(-c2cc(-c3ccc(O)cc3F)c(-c3ccc(O)cc3F)s2)c(F)c1. The lowest BCUT2D eigenvalue weighted by Gasteiger charge is -2.07. The first-order chi connectivity index (χ1) is 13.8. The fourth-order valence-corrected chi connectivity index (χ4v) is 4.26. The van der Waals surface area contributed by atoms with E-state index in [9.17, 15) is 28.5 Å². The van der Waals surface area contributed by atoms with Gasteiger partial charge in [-0.05, 0) is 42.5 Å². The number of benzene rings is 3. The van der Waals surface area contributed by atoms with Crippen molar-refractivity contribution >= 4 is 11.3 Å². The fraction of sp³-hybridized carbons (Fsp3) is 0. The van der Waals surface area contributed by atoms with E-state index in [2.05, 4.69) is 0 Å². The normalized spacial score (nSPS) is 11.0. The van der Waals surface area contributed by atoms with Crippen LogP contribution >= 0.6 is 11.3 Å². The summed E-state index contributed by atoms with van der Waals surface area (Å²) in [4.78, 5) is 0.724. The standard InChI is InChI=1S/C22H13F3O3S/c23-18-7-11(26)1-4-14(18)17-10-21(15-5-2-12(27)8-19(15)24)29-22(17)16-6-3-13(28)9-20(16)25/h1-10,26-28H. The lowest BCUT2D eigenvalue weighted by Crippen LogP contribution is -1.87. The van der Waals surface area contributed by atoms with Crippen molar-refractivity contribution in [2.24, 2.45) is 0 Å². The molecule has 0 aliphatic carbocycles. The van der Waals surface area contributed by atoms with Crippen LogP contribution in [0, 0.1) is 17.5 Å². The Morgan fingerprint density at radius 2 is 0.966 bits per heavy atom. The molecule has 29 heavy (non-hydrogen) atoms. The average Bonchev–Trinajstić information content (AvgIpc) is 3.06. The third-order valence-corrected chi connectivity index (χ3v) is 5.59. The molecule has 0 saturated heterocycles. The third-order valence-electron chi connectivity index (χ3n) is 4.39. The molecule has 4 aromatic rings. The van der Waals surface area contributed by atoms with Gasteiger partial charge in [0.05, 0.1) is 0 Å². The van der Waals surface area contributed by atoms with E-state index in [4.69, 9.17) is 0 Å². The van der Waals surface area contributed by atoms with E-state index in [1.165, 1.54) is 42.5 Å². The van der Waals surface area contributed by atoms with Gasteiger partial charge in [-0.3, -0.25) is 0 Å². The number of aromatic hydroxyl groups is 3. The highest BCUT2D eigenvalue weighted by Gasteiger charge is 2.21. The molecular weight excluding hydrogens is 401 g/mol. The number of phenols is 3. The van der Waals surface area contributed by atoms with Gasteiger partial charge in [0.25, 0.3) is 0 Å². The molecule has 3 nitrogen and oxygen atoms in total. The lowest BCUT2D eigenvalue weighted by molar-refractivity contribution is 0.468. The van der Waals surface area contributed by atoms with E-state index < -0.39 is 17.5 Å². The summed E-state index contributed by atoms with van der Waals surface area (Å²) in [7, 11) is 0. The molecule has 7 heteroatoms. The van der Waals surface area contributed by atoms with Gasteiger partial charge in [-0.25, -0.2) is 13.2 Å². The van der Waals surface area contributed by atoms with Crippen LogP contribution in [-0.2, 0) is 0 Å². The maximum Gasteiger partial charge on any atom is 0.135 e. The van der Waals surface area contributed by atoms with Gasteiger partial charge in [-0.1, -0.05) is 0 Å². The summed E-state index contributed by atoms with van der Waals surface area (Å²) in [6.45, 7) is 0. The van der Waals surface area contributed by atoms with E-state index >= 15 is 0 Å². The van der Waals surface area contributed by atoms with Gasteiger partial charge in [0.2, 0.25) is 0 Å². The molecule has 1 heterocycles. The largest absolute Gasteiger partial charge is 0.508 e. The van der Waals surface area contributed by atoms with Crippen LogP contribution in [0.2, 0.25) is 0 Å². The Bertz CT molecular complexity index is 1170. The Hall–Kier alpha value is -3.45. The van der Waals surface area contributed by atoms with Crippen molar-refractivity contribution in [1.82, 2.24) is 0 Å². The molecule has 0 bridgehead atoms. The van der Waals surface area contributed by atoms with E-state index in [-0.39, 0.29) is 33.9 Å². The number of halogens is 3. The highest BCUT2D eigenvalue weighted by atomic mass is 32.1. The van der Waals surface area contributed by atoms with Crippen LogP contribution in [0.5, 0.6) is 17.2 Å². The molecule has 0 amide bonds. The van der Waals surface area contributed by atoms with Gasteiger partial charge in [0.15, 0.2) is 0 Å². The van der Waals surface area contributed by atoms with Crippen molar-refractivity contribution < 1.29 is 28.5 Å². The van der Waals surface area contributed by atoms with Crippen LogP contribution in [-0.4, -0.2) is 15.3 Å². The molecule has 4 rings (SSSR count). The molecule has 0 spiro atoms. The average molecular weight is 414 g/mol. The Balaban J connectivity index is 1.98. The second-order valence-corrected chi connectivity index (χ2v) is 7.40. The first kappa shape index (κ1) is 18.9. The van der Waals surface area contributed by atoms with Crippen LogP contribution in [0.1, 0.15) is 0 Å². The summed E-state index contributed by atoms with van der Waals surface area (Å²) in [6.07, 6.45) is 0. The van der Waals surface area contributed by atoms with Crippen LogP contribution in [0.3, 0.4) is 0 Å². The zero-order valence-corrected chi connectivity index (χ0v) is 15.5. The molecule has 3 N–H and O–H groups in total. The van der Waals surface area contributed by atoms with Gasteiger partial charge in [-0.15, -0.1) is 11.3 Å². The topological polar surface area (TPSA) is 60.7 Å². The number of hydrogen-bond donors (Lipinski definition) is 3. The molecule has 1 aromatic heterocycles. The quantitative estimate of drug-likeness (QED) is 0.370. The zero-order chi connectivity index (χ0) is 20.7. The lowest BCUT2D eigenvalue weighted by atomic mass is 10.0. The van der Waals surface area contributed by atoms with Gasteiger partial charge >= 0.3 is 0 Å². The van der Waals surface area contributed by atoms with Crippen molar-refractivity contribution in [3.05, 3.63) is 78.1 Å². The summed E-state index contributed by atoms with van der Waals surface area (Å²) < 4.78 is 43.5. The van der Waals surface area contributed by atoms with Crippen molar-refractivity contribution in [2.45, 2.75) is 0 Å². The molecule has 0 radical (unpaired) electrons. The Labute approximate surface area is 167 Å². The molecule has 146 valence electrons. The minimum absolute atomic E-state index is 0.104. The molecule has 0 aliphatic heterocycles. The zero-order valence-electron chi connectivity index (χ0n) is 14.7. The number of rotatable bonds is 3. The Morgan fingerprint density at radius 3 is 1.45 bits per heavy atom. The van der Waals surface area contributed by atoms with Crippen molar-refractivity contribution in [2.75, 3.05) is 0 Å². The smallest absolute Gasteiger partial charge is 0.135 e. The fourth-order valence-electron chi connectivity index (χ4n) is 3.04. The summed E-state index contributed by atoms with van der Waals surface area (Å²) in [5.74, 6) is -2.88. The second kappa shape index (κ2) is 7.18. The van der Waals surface area contributed by atoms with Gasteiger partial charge in [0.1, 0.15) is 34.7 Å². The van der Waals surface area contributed by atoms with E-state index in [1.54, 1.807) is 0 Å². The maximum absolute atomic E-state index is 14.5. The maximum atomic E-state index is 14.5. The monoisotopic (exact) mass is 414 g/mol. The molecule has 0 atom stereocenters. The number of thiophene rings is 1. The predicted molar refractivity (Wildman–Crippen MR) is 105 cm³/mol. The highest BCUT2D eigenvalue weighted by molar-refractivity contribution is 7.19. The van der Waals surface area contributed by atoms with E-state index in [1.807, 2.05) is 0 Å². The van der Waals surface area contributed by atoms with Crippen LogP contribution in [0.15, 0.2) is 60.7 Å². The molecule has 0 aliphatic rings. The number of hydrogen-bond acceptors (Lipinski definition) is 4. The second-order valence-electron chi connectivity index (χ2n) is 6.35. The minimum Gasteiger partial charge on any atom is -0.508 e. The highest BCUT2D eigenvalue weighted by Crippen LogP contribution is 2.46. The Morgan fingerprint density at radius 1 is 0.517 bits per heavy atom. The molecule has 0 saturated carbocycles. The van der Waals surface area contributed by atoms with Crippen LogP contribution in [0.4, 0.5) is 13.2 Å². The van der Waals surface area contributed by atoms with Crippen molar-refractivity contribution in [3.8, 4) is 49.3 Å². The molecular formula is C22H13F3O3S. The van der Waals surface area contributed by atoms with Crippen molar-refractivity contribution in [1.29, 1.82) is 0 Å². The summed E-state index contributed by atoms with van der Waals surface area (Å²) in [5, 5.41) is 28.4. The van der Waals surface area contributed by atoms with Gasteiger partial charge in [0, 0.05) is 50.2 Å². The molecule has 0 unspecified atom stereocenters. The van der Waals surface area contributed by atoms with Gasteiger partial charge < -0.3 is 15.3 Å². The first-order valence-corrected chi connectivity index (χ1v) is 9.25. The Kier molecular flexibility index (Phi) is 4.68. The van der Waals surface area contributed by atoms with Crippen LogP contribution < -0.4 is 0 Å². The third kappa shape index (κ3) is 3.52. The summed E-state index contributed by atoms with van der Waals surface area (Å²) in [6, 6.07) is 12.4.